The summed E-state index contributed by atoms with van der Waals surface area (Å²) in [5.41, 5.74) is 9.91. The Kier molecular flexibility index (Phi) is 8.11. The zero-order chi connectivity index (χ0) is 62.2. The number of hydrogen-bond donors (Lipinski definition) is 0. The van der Waals surface area contributed by atoms with Crippen molar-refractivity contribution in [1.29, 1.82) is 0 Å². The van der Waals surface area contributed by atoms with Crippen LogP contribution < -0.4 is 14.5 Å². The third-order valence-corrected chi connectivity index (χ3v) is 13.5. The summed E-state index contributed by atoms with van der Waals surface area (Å²) < 4.78 is 131. The van der Waals surface area contributed by atoms with Gasteiger partial charge in [0.05, 0.1) is 43.2 Å². The molecule has 0 saturated heterocycles. The average Bonchev–Trinajstić information content (AvgIpc) is 1.54. The second-order valence-corrected chi connectivity index (χ2v) is 21.6. The Morgan fingerprint density at radius 3 is 1.82 bits per heavy atom. The summed E-state index contributed by atoms with van der Waals surface area (Å²) in [7, 11) is 0. The normalized spacial score (nSPS) is 16.0. The van der Waals surface area contributed by atoms with E-state index in [0.29, 0.717) is 6.67 Å². The number of aromatic nitrogens is 2. The second-order valence-electron chi connectivity index (χ2n) is 21.6. The predicted molar refractivity (Wildman–Crippen MR) is 304 cm³/mol. The van der Waals surface area contributed by atoms with Crippen molar-refractivity contribution >= 4 is 44.6 Å². The van der Waals surface area contributed by atoms with Crippen molar-refractivity contribution in [3.05, 3.63) is 216 Å². The predicted octanol–water partition coefficient (Wildman–Crippen LogP) is 18.4. The third-order valence-electron chi connectivity index (χ3n) is 13.5. The minimum atomic E-state index is -2.98. The summed E-state index contributed by atoms with van der Waals surface area (Å²) in [6.07, 6.45) is 1.06. The van der Waals surface area contributed by atoms with Crippen molar-refractivity contribution in [3.8, 4) is 50.7 Å². The minimum absolute atomic E-state index is 0.0352. The topological polar surface area (TPSA) is 33.5 Å². The maximum Gasteiger partial charge on any atom is 0.137 e. The van der Waals surface area contributed by atoms with Gasteiger partial charge in [-0.15, -0.1) is 0 Å². The highest BCUT2D eigenvalue weighted by atomic mass is 16.5. The monoisotopic (exact) mass is 955 g/mol. The summed E-state index contributed by atoms with van der Waals surface area (Å²) in [4.78, 5) is 9.16. The van der Waals surface area contributed by atoms with Crippen LogP contribution in [0.4, 0.5) is 22.7 Å². The van der Waals surface area contributed by atoms with E-state index >= 15 is 0 Å². The van der Waals surface area contributed by atoms with Crippen LogP contribution in [-0.4, -0.2) is 16.2 Å². The van der Waals surface area contributed by atoms with Gasteiger partial charge in [0, 0.05) is 55.6 Å². The van der Waals surface area contributed by atoms with E-state index in [1.807, 2.05) is 36.4 Å². The Balaban J connectivity index is 1.07. The fraction of sp³-hybridized carbons (Fsp3) is 0.209. The summed E-state index contributed by atoms with van der Waals surface area (Å²) >= 11 is 0. The van der Waals surface area contributed by atoms with Gasteiger partial charge in [0.15, 0.2) is 0 Å². The third kappa shape index (κ3) is 8.61. The Bertz CT molecular complexity index is 4380. The summed E-state index contributed by atoms with van der Waals surface area (Å²) in [5, 5.41) is -0.172. The summed E-state index contributed by atoms with van der Waals surface area (Å²) in [6.45, 7) is 17.7. The van der Waals surface area contributed by atoms with Crippen molar-refractivity contribution < 1.29 is 23.9 Å². The van der Waals surface area contributed by atoms with E-state index < -0.39 is 84.4 Å². The number of para-hydroxylation sites is 3. The van der Waals surface area contributed by atoms with Crippen molar-refractivity contribution in [2.45, 2.75) is 85.4 Å². The molecule has 0 amide bonds. The zero-order valence-corrected chi connectivity index (χ0v) is 42.0. The van der Waals surface area contributed by atoms with Crippen LogP contribution in [0.1, 0.15) is 104 Å². The number of aryl methyl sites for hydroxylation is 1. The Hall–Kier alpha value is -7.89. The van der Waals surface area contributed by atoms with Gasteiger partial charge in [-0.3, -0.25) is 4.57 Å². The molecule has 11 rings (SSSR count). The number of pyridine rings is 1. The molecule has 0 radical (unpaired) electrons. The largest absolute Gasteiger partial charge is 0.457 e. The van der Waals surface area contributed by atoms with Crippen LogP contribution in [0.3, 0.4) is 0 Å². The van der Waals surface area contributed by atoms with Gasteiger partial charge in [0.25, 0.3) is 0 Å². The molecule has 1 aliphatic heterocycles. The number of fused-ring (bicyclic) bond motifs is 4. The van der Waals surface area contributed by atoms with Gasteiger partial charge >= 0.3 is 0 Å². The number of anilines is 4. The van der Waals surface area contributed by atoms with Gasteiger partial charge in [-0.1, -0.05) is 177 Å². The molecule has 0 fully saturated rings. The lowest BCUT2D eigenvalue weighted by Crippen LogP contribution is -2.25. The maximum atomic E-state index is 9.54. The van der Waals surface area contributed by atoms with E-state index in [9.17, 15) is 4.11 Å². The zero-order valence-electron chi connectivity index (χ0n) is 56.0. The van der Waals surface area contributed by atoms with Crippen LogP contribution in [0.5, 0.6) is 11.5 Å². The summed E-state index contributed by atoms with van der Waals surface area (Å²) in [6, 6.07) is 34.0. The highest BCUT2D eigenvalue weighted by molar-refractivity contribution is 6.09. The smallest absolute Gasteiger partial charge is 0.137 e. The van der Waals surface area contributed by atoms with Gasteiger partial charge in [-0.25, -0.2) is 4.98 Å². The van der Waals surface area contributed by atoms with Gasteiger partial charge in [-0.2, -0.15) is 0 Å². The highest BCUT2D eigenvalue weighted by Crippen LogP contribution is 2.52. The van der Waals surface area contributed by atoms with E-state index in [4.69, 9.17) is 19.8 Å². The Morgan fingerprint density at radius 2 is 1.12 bits per heavy atom. The molecule has 0 aliphatic carbocycles. The first-order valence-corrected chi connectivity index (χ1v) is 24.2. The molecule has 358 valence electrons. The summed E-state index contributed by atoms with van der Waals surface area (Å²) in [5.74, 6) is -0.0301. The van der Waals surface area contributed by atoms with Crippen molar-refractivity contribution in [1.82, 2.24) is 9.55 Å². The van der Waals surface area contributed by atoms with Crippen LogP contribution in [0.15, 0.2) is 194 Å². The number of nitrogens with zero attached hydrogens (tertiary/aromatic N) is 4. The van der Waals surface area contributed by atoms with Gasteiger partial charge in [0.1, 0.15) is 24.0 Å². The minimum Gasteiger partial charge on any atom is -0.457 e. The molecule has 0 spiro atoms. The van der Waals surface area contributed by atoms with E-state index in [-0.39, 0.29) is 60.9 Å². The average molecular weight is 955 g/mol. The maximum absolute atomic E-state index is 9.54. The lowest BCUT2D eigenvalue weighted by atomic mass is 9.77. The molecule has 3 heterocycles. The van der Waals surface area contributed by atoms with Gasteiger partial charge in [-0.05, 0) is 123 Å². The molecule has 8 aromatic carbocycles. The molecule has 0 atom stereocenters. The lowest BCUT2D eigenvalue weighted by molar-refractivity contribution is 0.483. The number of benzene rings is 8. The molecule has 72 heavy (non-hydrogen) atoms. The molecule has 5 nitrogen and oxygen atoms in total. The van der Waals surface area contributed by atoms with Crippen LogP contribution in [0.25, 0.3) is 61.0 Å². The first kappa shape index (κ1) is 32.9. The SMILES string of the molecule is [2H]c1c([2H])c([2H])c(-c2cnc(-n3c4cc(Oc5cccc(N6CN(c7c(-c8ccccc8)cc(C(C)(C)C)cc7-c7cc(C(C)(C)C)cc(C(C)(C)C)c7)c7ccccc76)c5)c([2H])c([2H])c4c4c([2H])c([2H])c([2H])c([2H])c43)cc2C([2H])([2H])[2H])c([2H])c1[2H]. The molecular formula is C67H64N4O. The van der Waals surface area contributed by atoms with Crippen LogP contribution in [0, 0.1) is 6.85 Å². The van der Waals surface area contributed by atoms with Crippen molar-refractivity contribution in [3.63, 3.8) is 0 Å². The van der Waals surface area contributed by atoms with Crippen molar-refractivity contribution in [2.24, 2.45) is 0 Å². The van der Waals surface area contributed by atoms with Crippen LogP contribution in [-0.2, 0) is 16.2 Å². The van der Waals surface area contributed by atoms with E-state index in [2.05, 4.69) is 144 Å². The fourth-order valence-corrected chi connectivity index (χ4v) is 9.54. The molecule has 5 heteroatoms. The molecular weight excluding hydrogens is 877 g/mol. The molecule has 0 unspecified atom stereocenters. The highest BCUT2D eigenvalue weighted by Gasteiger charge is 2.34. The number of hydrogen-bond acceptors (Lipinski definition) is 4. The first-order valence-electron chi connectivity index (χ1n) is 31.2. The van der Waals surface area contributed by atoms with Crippen LogP contribution in [0.2, 0.25) is 0 Å². The fourth-order valence-electron chi connectivity index (χ4n) is 9.54. The molecule has 1 aliphatic rings. The number of rotatable bonds is 8. The van der Waals surface area contributed by atoms with E-state index in [1.54, 1.807) is 6.07 Å². The molecule has 2 aromatic heterocycles. The Morgan fingerprint density at radius 1 is 0.500 bits per heavy atom. The Labute approximate surface area is 445 Å². The van der Waals surface area contributed by atoms with Crippen molar-refractivity contribution in [2.75, 3.05) is 16.5 Å². The van der Waals surface area contributed by atoms with E-state index in [0.717, 1.165) is 57.3 Å². The van der Waals surface area contributed by atoms with Gasteiger partial charge in [0.2, 0.25) is 0 Å². The standard InChI is InChI=1S/C67H64N4O/c1-44-34-63(68-42-58(44)46-24-15-12-16-25-46)71-59-29-18-17-28-54(59)55-33-32-53(41-62(55)71)72-52-27-21-26-51(40-52)69-43-70(61-31-20-19-30-60(61)69)64-56(45-22-13-11-14-23-45)38-50(67(8,9)10)39-57(64)47-35-48(65(2,3)4)37-49(36-47)66(5,6)7/h11-42H,43H2,1-10H3/i1D3,12D,15D,16D,17D,18D,24D,25D,28D,29D,32D,33D. The quantitative estimate of drug-likeness (QED) is 0.152. The number of ether oxygens (including phenoxy) is 1. The lowest BCUT2D eigenvalue weighted by Gasteiger charge is -2.31. The molecule has 0 N–H and O–H groups in total. The van der Waals surface area contributed by atoms with Crippen LogP contribution >= 0.6 is 0 Å². The molecule has 0 saturated carbocycles. The first-order chi connectivity index (χ1) is 40.3. The van der Waals surface area contributed by atoms with Gasteiger partial charge < -0.3 is 14.5 Å². The second kappa shape index (κ2) is 17.8. The molecule has 10 aromatic rings. The van der Waals surface area contributed by atoms with E-state index in [1.165, 1.54) is 27.3 Å². The molecule has 0 bridgehead atoms.